The molecule has 2 atom stereocenters. The largest absolute Gasteiger partial charge is 0.331 e. The molecule has 0 fully saturated rings. The number of nitrogens with zero attached hydrogens (tertiary/aromatic N) is 2. The zero-order chi connectivity index (χ0) is 42.2. The number of rotatable bonds is 9. The molecule has 0 spiro atoms. The van der Waals surface area contributed by atoms with Crippen molar-refractivity contribution in [3.8, 4) is 55.6 Å². The zero-order valence-corrected chi connectivity index (χ0v) is 35.2. The fourth-order valence-electron chi connectivity index (χ4n) is 9.66. The molecule has 1 aliphatic carbocycles. The SMILES string of the molecule is CC12C=CC=CC1c1ccccc1N2c1ccc(-c2cccc(-c3cccc(-c4ccc(N(c5ccc(-c6ccccc6)cc5)c5ccc(-c6ccccc6)cc5)cc4)c3)c2)cc1. The molecule has 300 valence electrons. The van der Waals surface area contributed by atoms with Crippen LogP contribution in [0.4, 0.5) is 28.4 Å². The molecule has 0 saturated carbocycles. The first-order valence-corrected chi connectivity index (χ1v) is 21.9. The topological polar surface area (TPSA) is 6.48 Å². The summed E-state index contributed by atoms with van der Waals surface area (Å²) in [5.41, 5.74) is 19.0. The minimum Gasteiger partial charge on any atom is -0.331 e. The van der Waals surface area contributed by atoms with Crippen LogP contribution < -0.4 is 9.80 Å². The van der Waals surface area contributed by atoms with E-state index in [1.54, 1.807) is 0 Å². The van der Waals surface area contributed by atoms with Crippen LogP contribution in [0.15, 0.2) is 255 Å². The van der Waals surface area contributed by atoms with Crippen molar-refractivity contribution in [2.75, 3.05) is 9.80 Å². The summed E-state index contributed by atoms with van der Waals surface area (Å²) in [6.45, 7) is 2.35. The molecule has 0 radical (unpaired) electrons. The molecule has 0 bridgehead atoms. The van der Waals surface area contributed by atoms with Crippen molar-refractivity contribution < 1.29 is 0 Å². The second-order valence-corrected chi connectivity index (χ2v) is 16.8. The van der Waals surface area contributed by atoms with Crippen LogP contribution in [0.2, 0.25) is 0 Å². The monoisotopic (exact) mass is 806 g/mol. The van der Waals surface area contributed by atoms with Crippen LogP contribution in [0.1, 0.15) is 18.4 Å². The lowest BCUT2D eigenvalue weighted by Crippen LogP contribution is -2.41. The lowest BCUT2D eigenvalue weighted by atomic mass is 9.80. The zero-order valence-electron chi connectivity index (χ0n) is 35.2. The van der Waals surface area contributed by atoms with E-state index in [1.807, 2.05) is 0 Å². The Hall–Kier alpha value is -7.94. The van der Waals surface area contributed by atoms with E-state index in [0.29, 0.717) is 5.92 Å². The van der Waals surface area contributed by atoms with Crippen LogP contribution in [-0.4, -0.2) is 5.54 Å². The molecule has 63 heavy (non-hydrogen) atoms. The maximum absolute atomic E-state index is 2.51. The Labute approximate surface area is 371 Å². The summed E-state index contributed by atoms with van der Waals surface area (Å²) in [5.74, 6) is 0.324. The summed E-state index contributed by atoms with van der Waals surface area (Å²) in [5, 5.41) is 0. The van der Waals surface area contributed by atoms with Crippen LogP contribution >= 0.6 is 0 Å². The number of hydrogen-bond donors (Lipinski definition) is 0. The molecule has 0 amide bonds. The van der Waals surface area contributed by atoms with E-state index in [9.17, 15) is 0 Å². The second kappa shape index (κ2) is 16.2. The van der Waals surface area contributed by atoms with Crippen LogP contribution in [0.25, 0.3) is 55.6 Å². The fourth-order valence-corrected chi connectivity index (χ4v) is 9.66. The van der Waals surface area contributed by atoms with Crippen molar-refractivity contribution >= 4 is 28.4 Å². The molecule has 2 unspecified atom stereocenters. The van der Waals surface area contributed by atoms with E-state index in [0.717, 1.165) is 17.1 Å². The second-order valence-electron chi connectivity index (χ2n) is 16.8. The van der Waals surface area contributed by atoms with Gasteiger partial charge in [0.05, 0.1) is 5.54 Å². The van der Waals surface area contributed by atoms with Gasteiger partial charge in [-0.3, -0.25) is 0 Å². The Morgan fingerprint density at radius 2 is 0.746 bits per heavy atom. The molecule has 2 aliphatic rings. The van der Waals surface area contributed by atoms with Crippen molar-refractivity contribution in [3.63, 3.8) is 0 Å². The highest BCUT2D eigenvalue weighted by atomic mass is 15.2. The Bertz CT molecular complexity index is 3010. The van der Waals surface area contributed by atoms with E-state index >= 15 is 0 Å². The Morgan fingerprint density at radius 1 is 0.365 bits per heavy atom. The van der Waals surface area contributed by atoms with E-state index in [2.05, 4.69) is 272 Å². The van der Waals surface area contributed by atoms with Gasteiger partial charge in [0.1, 0.15) is 0 Å². The highest BCUT2D eigenvalue weighted by Crippen LogP contribution is 2.54. The third kappa shape index (κ3) is 7.16. The van der Waals surface area contributed by atoms with Crippen molar-refractivity contribution in [1.29, 1.82) is 0 Å². The number of allylic oxidation sites excluding steroid dienone is 2. The average molecular weight is 807 g/mol. The van der Waals surface area contributed by atoms with Gasteiger partial charge in [-0.2, -0.15) is 0 Å². The van der Waals surface area contributed by atoms with Gasteiger partial charge in [-0.05, 0) is 135 Å². The lowest BCUT2D eigenvalue weighted by Gasteiger charge is -2.39. The Kier molecular flexibility index (Phi) is 9.75. The molecule has 9 aromatic rings. The molecule has 0 N–H and O–H groups in total. The summed E-state index contributed by atoms with van der Waals surface area (Å²) in [6.07, 6.45) is 9.07. The fraction of sp³-hybridized carbons (Fsp3) is 0.0492. The summed E-state index contributed by atoms with van der Waals surface area (Å²) >= 11 is 0. The van der Waals surface area contributed by atoms with Gasteiger partial charge in [0.15, 0.2) is 0 Å². The smallest absolute Gasteiger partial charge is 0.0712 e. The van der Waals surface area contributed by atoms with Crippen LogP contribution in [-0.2, 0) is 0 Å². The molecule has 9 aromatic carbocycles. The standard InChI is InChI=1S/C61H46N2/c1-61-41-11-10-23-59(61)58-22-8-9-24-60(58)63(61)57-39-31-49(32-40-57)51-19-13-21-53(43-51)52-20-12-18-50(42-52)48-29-37-56(38-30-48)62(54-33-25-46(26-34-54)44-14-4-2-5-15-44)55-35-27-47(28-36-55)45-16-6-3-7-17-45/h2-43,59H,1H3. The molecule has 2 nitrogen and oxygen atoms in total. The van der Waals surface area contributed by atoms with E-state index in [1.165, 1.54) is 72.6 Å². The highest BCUT2D eigenvalue weighted by Gasteiger charge is 2.46. The first kappa shape index (κ1) is 38.0. The third-order valence-corrected chi connectivity index (χ3v) is 12.9. The summed E-state index contributed by atoms with van der Waals surface area (Å²) in [6, 6.07) is 83.6. The van der Waals surface area contributed by atoms with Crippen LogP contribution in [0, 0.1) is 0 Å². The van der Waals surface area contributed by atoms with Gasteiger partial charge < -0.3 is 9.80 Å². The molecule has 2 heteroatoms. The predicted octanol–water partition coefficient (Wildman–Crippen LogP) is 16.6. The minimum atomic E-state index is -0.144. The number of para-hydroxylation sites is 1. The molecular weight excluding hydrogens is 761 g/mol. The normalized spacial score (nSPS) is 16.1. The van der Waals surface area contributed by atoms with Crippen LogP contribution in [0.3, 0.4) is 0 Å². The van der Waals surface area contributed by atoms with Crippen LogP contribution in [0.5, 0.6) is 0 Å². The first-order valence-electron chi connectivity index (χ1n) is 21.9. The maximum atomic E-state index is 2.51. The van der Waals surface area contributed by atoms with E-state index < -0.39 is 0 Å². The minimum absolute atomic E-state index is 0.144. The molecule has 1 heterocycles. The van der Waals surface area contributed by atoms with Crippen molar-refractivity contribution in [1.82, 2.24) is 0 Å². The Morgan fingerprint density at radius 3 is 1.24 bits per heavy atom. The summed E-state index contributed by atoms with van der Waals surface area (Å²) < 4.78 is 0. The van der Waals surface area contributed by atoms with Crippen molar-refractivity contribution in [2.45, 2.75) is 18.4 Å². The maximum Gasteiger partial charge on any atom is 0.0712 e. The van der Waals surface area contributed by atoms with Gasteiger partial charge >= 0.3 is 0 Å². The molecule has 0 aromatic heterocycles. The average Bonchev–Trinajstić information content (AvgIpc) is 3.63. The van der Waals surface area contributed by atoms with Gasteiger partial charge in [-0.25, -0.2) is 0 Å². The lowest BCUT2D eigenvalue weighted by molar-refractivity contribution is 0.542. The third-order valence-electron chi connectivity index (χ3n) is 12.9. The quantitative estimate of drug-likeness (QED) is 0.143. The van der Waals surface area contributed by atoms with Gasteiger partial charge in [0.25, 0.3) is 0 Å². The molecular formula is C61H46N2. The summed E-state index contributed by atoms with van der Waals surface area (Å²) in [7, 11) is 0. The van der Waals surface area contributed by atoms with E-state index in [-0.39, 0.29) is 5.54 Å². The number of hydrogen-bond acceptors (Lipinski definition) is 2. The molecule has 11 rings (SSSR count). The van der Waals surface area contributed by atoms with Gasteiger partial charge in [0.2, 0.25) is 0 Å². The number of benzene rings is 9. The van der Waals surface area contributed by atoms with E-state index in [4.69, 9.17) is 0 Å². The number of anilines is 5. The first-order chi connectivity index (χ1) is 31.1. The molecule has 1 aliphatic heterocycles. The van der Waals surface area contributed by atoms with Crippen molar-refractivity contribution in [3.05, 3.63) is 260 Å². The number of fused-ring (bicyclic) bond motifs is 3. The van der Waals surface area contributed by atoms with Gasteiger partial charge in [0, 0.05) is 34.4 Å². The van der Waals surface area contributed by atoms with Gasteiger partial charge in [-0.1, -0.05) is 188 Å². The van der Waals surface area contributed by atoms with Crippen molar-refractivity contribution in [2.24, 2.45) is 0 Å². The highest BCUT2D eigenvalue weighted by molar-refractivity contribution is 5.83. The Balaban J connectivity index is 0.867. The summed E-state index contributed by atoms with van der Waals surface area (Å²) in [4.78, 5) is 4.85. The predicted molar refractivity (Wildman–Crippen MR) is 266 cm³/mol. The van der Waals surface area contributed by atoms with Gasteiger partial charge in [-0.15, -0.1) is 0 Å². The molecule has 0 saturated heterocycles.